The number of hydrogen-bond acceptors (Lipinski definition) is 5. The van der Waals surface area contributed by atoms with E-state index in [1.807, 2.05) is 26.8 Å². The van der Waals surface area contributed by atoms with E-state index in [1.165, 1.54) is 11.3 Å². The van der Waals surface area contributed by atoms with Gasteiger partial charge in [0.25, 0.3) is 11.8 Å². The summed E-state index contributed by atoms with van der Waals surface area (Å²) in [5.74, 6) is 0.515. The quantitative estimate of drug-likeness (QED) is 0.728. The molecular weight excluding hydrogens is 352 g/mol. The normalized spacial score (nSPS) is 11.5. The SMILES string of the molecule is CCOc1ccc(O[C@H](C)C(=O)NNC(=O)c2cc(CC)c(C)s2)cc1. The summed E-state index contributed by atoms with van der Waals surface area (Å²) in [4.78, 5) is 25.9. The summed E-state index contributed by atoms with van der Waals surface area (Å²) < 4.78 is 10.9. The van der Waals surface area contributed by atoms with Crippen molar-refractivity contribution in [3.05, 3.63) is 45.6 Å². The molecule has 0 saturated carbocycles. The van der Waals surface area contributed by atoms with E-state index in [4.69, 9.17) is 9.47 Å². The molecule has 0 aliphatic rings. The maximum Gasteiger partial charge on any atom is 0.279 e. The van der Waals surface area contributed by atoms with Crippen LogP contribution in [0.5, 0.6) is 11.5 Å². The Balaban J connectivity index is 1.85. The van der Waals surface area contributed by atoms with Crippen molar-refractivity contribution in [2.45, 2.75) is 40.2 Å². The third kappa shape index (κ3) is 5.23. The summed E-state index contributed by atoms with van der Waals surface area (Å²) in [7, 11) is 0. The van der Waals surface area contributed by atoms with Crippen LogP contribution in [-0.4, -0.2) is 24.5 Å². The van der Waals surface area contributed by atoms with Gasteiger partial charge in [-0.25, -0.2) is 0 Å². The van der Waals surface area contributed by atoms with Gasteiger partial charge in [0, 0.05) is 4.88 Å². The molecule has 2 N–H and O–H groups in total. The van der Waals surface area contributed by atoms with Crippen LogP contribution in [0.4, 0.5) is 0 Å². The number of hydrazine groups is 1. The summed E-state index contributed by atoms with van der Waals surface area (Å²) in [5.41, 5.74) is 5.96. The van der Waals surface area contributed by atoms with Crippen LogP contribution >= 0.6 is 11.3 Å². The zero-order valence-corrected chi connectivity index (χ0v) is 16.2. The highest BCUT2D eigenvalue weighted by Crippen LogP contribution is 2.22. The van der Waals surface area contributed by atoms with Gasteiger partial charge in [0.1, 0.15) is 11.5 Å². The number of aryl methyl sites for hydroxylation is 2. The molecule has 1 aromatic heterocycles. The summed E-state index contributed by atoms with van der Waals surface area (Å²) in [6.45, 7) is 8.13. The maximum atomic E-state index is 12.1. The zero-order chi connectivity index (χ0) is 19.1. The Labute approximate surface area is 157 Å². The Morgan fingerprint density at radius 3 is 2.35 bits per heavy atom. The van der Waals surface area contributed by atoms with Crippen molar-refractivity contribution >= 4 is 23.2 Å². The van der Waals surface area contributed by atoms with Crippen LogP contribution in [0, 0.1) is 6.92 Å². The number of ether oxygens (including phenoxy) is 2. The van der Waals surface area contributed by atoms with Crippen LogP contribution in [-0.2, 0) is 11.2 Å². The van der Waals surface area contributed by atoms with Crippen LogP contribution < -0.4 is 20.3 Å². The van der Waals surface area contributed by atoms with Crippen LogP contribution in [0.2, 0.25) is 0 Å². The van der Waals surface area contributed by atoms with Crippen LogP contribution in [0.3, 0.4) is 0 Å². The lowest BCUT2D eigenvalue weighted by molar-refractivity contribution is -0.128. The lowest BCUT2D eigenvalue weighted by atomic mass is 10.2. The Bertz CT molecular complexity index is 755. The lowest BCUT2D eigenvalue weighted by Gasteiger charge is -2.15. The van der Waals surface area contributed by atoms with Crippen LogP contribution in [0.1, 0.15) is 40.9 Å². The Kier molecular flexibility index (Phi) is 7.03. The molecule has 0 saturated heterocycles. The van der Waals surface area contributed by atoms with Gasteiger partial charge in [-0.2, -0.15) is 0 Å². The average molecular weight is 376 g/mol. The molecule has 0 aliphatic heterocycles. The molecule has 26 heavy (non-hydrogen) atoms. The summed E-state index contributed by atoms with van der Waals surface area (Å²) in [6, 6.07) is 8.86. The summed E-state index contributed by atoms with van der Waals surface area (Å²) in [5, 5.41) is 0. The van der Waals surface area contributed by atoms with Crippen molar-refractivity contribution in [1.82, 2.24) is 10.9 Å². The van der Waals surface area contributed by atoms with Crippen LogP contribution in [0.25, 0.3) is 0 Å². The van der Waals surface area contributed by atoms with Crippen molar-refractivity contribution in [3.8, 4) is 11.5 Å². The molecule has 140 valence electrons. The molecule has 2 amide bonds. The number of thiophene rings is 1. The fourth-order valence-corrected chi connectivity index (χ4v) is 3.31. The second-order valence-electron chi connectivity index (χ2n) is 5.65. The number of nitrogens with one attached hydrogen (secondary N) is 2. The third-order valence-electron chi connectivity index (χ3n) is 3.74. The minimum absolute atomic E-state index is 0.334. The molecule has 0 bridgehead atoms. The Hall–Kier alpha value is -2.54. The van der Waals surface area contributed by atoms with E-state index in [9.17, 15) is 9.59 Å². The van der Waals surface area contributed by atoms with E-state index in [2.05, 4.69) is 10.9 Å². The first-order valence-corrected chi connectivity index (χ1v) is 9.35. The highest BCUT2D eigenvalue weighted by atomic mass is 32.1. The number of rotatable bonds is 7. The van der Waals surface area contributed by atoms with Gasteiger partial charge in [0.2, 0.25) is 0 Å². The van der Waals surface area contributed by atoms with Crippen molar-refractivity contribution in [2.24, 2.45) is 0 Å². The van der Waals surface area contributed by atoms with Gasteiger partial charge in [-0.15, -0.1) is 11.3 Å². The van der Waals surface area contributed by atoms with Gasteiger partial charge in [0.15, 0.2) is 6.10 Å². The number of carbonyl (C=O) groups is 2. The van der Waals surface area contributed by atoms with Gasteiger partial charge in [-0.3, -0.25) is 20.4 Å². The van der Waals surface area contributed by atoms with Gasteiger partial charge < -0.3 is 9.47 Å². The molecule has 1 heterocycles. The molecule has 0 spiro atoms. The van der Waals surface area contributed by atoms with Crippen molar-refractivity contribution in [1.29, 1.82) is 0 Å². The van der Waals surface area contributed by atoms with E-state index in [-0.39, 0.29) is 5.91 Å². The fourth-order valence-electron chi connectivity index (χ4n) is 2.30. The molecule has 1 atom stereocenters. The molecule has 2 aromatic rings. The topological polar surface area (TPSA) is 76.7 Å². The molecule has 0 fully saturated rings. The average Bonchev–Trinajstić information content (AvgIpc) is 3.02. The molecule has 7 heteroatoms. The monoisotopic (exact) mass is 376 g/mol. The highest BCUT2D eigenvalue weighted by molar-refractivity contribution is 7.14. The summed E-state index contributed by atoms with van der Waals surface area (Å²) in [6.07, 6.45) is 0.110. The van der Waals surface area contributed by atoms with E-state index >= 15 is 0 Å². The third-order valence-corrected chi connectivity index (χ3v) is 4.83. The van der Waals surface area contributed by atoms with E-state index < -0.39 is 12.0 Å². The van der Waals surface area contributed by atoms with Gasteiger partial charge in [0.05, 0.1) is 11.5 Å². The molecular formula is C19H24N2O4S. The molecule has 1 aromatic carbocycles. The maximum absolute atomic E-state index is 12.1. The smallest absolute Gasteiger partial charge is 0.279 e. The lowest BCUT2D eigenvalue weighted by Crippen LogP contribution is -2.47. The molecule has 6 nitrogen and oxygen atoms in total. The molecule has 0 aliphatic carbocycles. The number of carbonyl (C=O) groups excluding carboxylic acids is 2. The molecule has 2 rings (SSSR count). The number of benzene rings is 1. The van der Waals surface area contributed by atoms with Crippen molar-refractivity contribution < 1.29 is 19.1 Å². The van der Waals surface area contributed by atoms with Crippen LogP contribution in [0.15, 0.2) is 30.3 Å². The first kappa shape index (κ1) is 19.8. The number of hydrogen-bond donors (Lipinski definition) is 2. The van der Waals surface area contributed by atoms with Gasteiger partial charge in [-0.1, -0.05) is 6.92 Å². The minimum Gasteiger partial charge on any atom is -0.494 e. The van der Waals surface area contributed by atoms with Gasteiger partial charge >= 0.3 is 0 Å². The van der Waals surface area contributed by atoms with E-state index in [0.717, 1.165) is 22.6 Å². The standard InChI is InChI=1S/C19H24N2O4S/c1-5-14-11-17(26-13(14)4)19(23)21-20-18(22)12(3)25-16-9-7-15(8-10-16)24-6-2/h7-12H,5-6H2,1-4H3,(H,20,22)(H,21,23)/t12-/m1/s1. The van der Waals surface area contributed by atoms with E-state index in [0.29, 0.717) is 17.2 Å². The molecule has 0 unspecified atom stereocenters. The second-order valence-corrected chi connectivity index (χ2v) is 6.91. The Morgan fingerprint density at radius 1 is 1.12 bits per heavy atom. The Morgan fingerprint density at radius 2 is 1.77 bits per heavy atom. The highest BCUT2D eigenvalue weighted by Gasteiger charge is 2.17. The van der Waals surface area contributed by atoms with E-state index in [1.54, 1.807) is 31.2 Å². The largest absolute Gasteiger partial charge is 0.494 e. The zero-order valence-electron chi connectivity index (χ0n) is 15.4. The van der Waals surface area contributed by atoms with Crippen molar-refractivity contribution in [2.75, 3.05) is 6.61 Å². The predicted molar refractivity (Wildman–Crippen MR) is 102 cm³/mol. The first-order chi connectivity index (χ1) is 12.4. The second kappa shape index (κ2) is 9.24. The minimum atomic E-state index is -0.760. The van der Waals surface area contributed by atoms with Crippen molar-refractivity contribution in [3.63, 3.8) is 0 Å². The molecule has 0 radical (unpaired) electrons. The number of amides is 2. The fraction of sp³-hybridized carbons (Fsp3) is 0.368. The van der Waals surface area contributed by atoms with Gasteiger partial charge in [-0.05, 0) is 63.1 Å². The first-order valence-electron chi connectivity index (χ1n) is 8.53. The summed E-state index contributed by atoms with van der Waals surface area (Å²) >= 11 is 1.41. The predicted octanol–water partition coefficient (Wildman–Crippen LogP) is 3.25.